The number of nitrogens with one attached hydrogen (secondary N) is 2. The highest BCUT2D eigenvalue weighted by atomic mass is 19.1. The number of rotatable bonds is 7. The summed E-state index contributed by atoms with van der Waals surface area (Å²) in [7, 11) is 1.60. The zero-order chi connectivity index (χ0) is 21.3. The van der Waals surface area contributed by atoms with Gasteiger partial charge in [-0.2, -0.15) is 0 Å². The molecule has 0 aliphatic rings. The minimum Gasteiger partial charge on any atom is -0.508 e. The van der Waals surface area contributed by atoms with Crippen molar-refractivity contribution in [3.63, 3.8) is 0 Å². The van der Waals surface area contributed by atoms with E-state index in [1.807, 2.05) is 36.4 Å². The molecule has 3 aromatic rings. The van der Waals surface area contributed by atoms with Gasteiger partial charge in [0.05, 0.1) is 19.3 Å². The van der Waals surface area contributed by atoms with E-state index >= 15 is 0 Å². The zero-order valence-corrected chi connectivity index (χ0v) is 16.6. The van der Waals surface area contributed by atoms with Crippen LogP contribution in [0.4, 0.5) is 10.1 Å². The van der Waals surface area contributed by atoms with E-state index in [9.17, 15) is 14.6 Å². The van der Waals surface area contributed by atoms with Gasteiger partial charge in [-0.3, -0.25) is 0 Å². The summed E-state index contributed by atoms with van der Waals surface area (Å²) < 4.78 is 19.0. The molecule has 4 N–H and O–H groups in total. The van der Waals surface area contributed by atoms with Crippen molar-refractivity contribution in [2.45, 2.75) is 13.0 Å². The summed E-state index contributed by atoms with van der Waals surface area (Å²) >= 11 is 0. The summed E-state index contributed by atoms with van der Waals surface area (Å²) in [5.41, 5.74) is 2.15. The second-order valence-electron chi connectivity index (χ2n) is 6.61. The Hall–Kier alpha value is -3.74. The highest BCUT2D eigenvalue weighted by Crippen LogP contribution is 2.24. The molecule has 0 heterocycles. The van der Waals surface area contributed by atoms with Crippen molar-refractivity contribution in [2.75, 3.05) is 19.0 Å². The first-order valence-corrected chi connectivity index (χ1v) is 9.49. The molecule has 6 nitrogen and oxygen atoms in total. The monoisotopic (exact) mass is 409 g/mol. The number of phenols is 2. The highest BCUT2D eigenvalue weighted by Gasteiger charge is 2.08. The fourth-order valence-electron chi connectivity index (χ4n) is 2.86. The standard InChI is InChI=1S/C23H24FN3O3/c1-30-22-5-3-2-4-17(22)15-26-23(27-20-14-18(24)8-11-21(20)29)25-13-12-16-6-9-19(28)10-7-16/h2-11,14,28-29H,12-13,15H2,1H3,(H2,25,26,27). The van der Waals surface area contributed by atoms with Crippen LogP contribution in [0.3, 0.4) is 0 Å². The molecule has 0 amide bonds. The normalized spacial score (nSPS) is 11.2. The SMILES string of the molecule is COc1ccccc1CN=C(NCCc1ccc(O)cc1)Nc1cc(F)ccc1O. The number of phenolic OH excluding ortho intramolecular Hbond substituents is 2. The molecule has 0 aromatic heterocycles. The number of guanidine groups is 1. The van der Waals surface area contributed by atoms with Crippen LogP contribution in [0.25, 0.3) is 0 Å². The summed E-state index contributed by atoms with van der Waals surface area (Å²) in [4.78, 5) is 4.55. The van der Waals surface area contributed by atoms with Gasteiger partial charge in [0.15, 0.2) is 5.96 Å². The summed E-state index contributed by atoms with van der Waals surface area (Å²) in [6.07, 6.45) is 0.685. The number of ether oxygens (including phenoxy) is 1. The lowest BCUT2D eigenvalue weighted by molar-refractivity contribution is 0.410. The maximum absolute atomic E-state index is 13.6. The van der Waals surface area contributed by atoms with Crippen LogP contribution >= 0.6 is 0 Å². The zero-order valence-electron chi connectivity index (χ0n) is 16.6. The van der Waals surface area contributed by atoms with Crippen LogP contribution in [0.1, 0.15) is 11.1 Å². The van der Waals surface area contributed by atoms with Gasteiger partial charge in [0, 0.05) is 18.2 Å². The molecular weight excluding hydrogens is 385 g/mol. The van der Waals surface area contributed by atoms with Gasteiger partial charge in [0.2, 0.25) is 0 Å². The van der Waals surface area contributed by atoms with Crippen LogP contribution in [0, 0.1) is 5.82 Å². The lowest BCUT2D eigenvalue weighted by Gasteiger charge is -2.14. The first-order valence-electron chi connectivity index (χ1n) is 9.49. The molecule has 0 bridgehead atoms. The van der Waals surface area contributed by atoms with Crippen LogP contribution in [-0.4, -0.2) is 29.8 Å². The van der Waals surface area contributed by atoms with Gasteiger partial charge < -0.3 is 25.6 Å². The van der Waals surface area contributed by atoms with Crippen LogP contribution in [0.5, 0.6) is 17.2 Å². The Morgan fingerprint density at radius 1 is 1.03 bits per heavy atom. The van der Waals surface area contributed by atoms with Gasteiger partial charge in [0.1, 0.15) is 23.1 Å². The predicted octanol–water partition coefficient (Wildman–Crippen LogP) is 4.05. The number of aliphatic imine (C=N–C) groups is 1. The smallest absolute Gasteiger partial charge is 0.196 e. The number of halogens is 1. The fraction of sp³-hybridized carbons (Fsp3) is 0.174. The Kier molecular flexibility index (Phi) is 7.10. The van der Waals surface area contributed by atoms with E-state index in [1.165, 1.54) is 18.2 Å². The minimum atomic E-state index is -0.469. The molecular formula is C23H24FN3O3. The lowest BCUT2D eigenvalue weighted by atomic mass is 10.1. The Morgan fingerprint density at radius 3 is 2.57 bits per heavy atom. The first-order chi connectivity index (χ1) is 14.5. The summed E-state index contributed by atoms with van der Waals surface area (Å²) in [5, 5.41) is 25.6. The van der Waals surface area contributed by atoms with E-state index in [2.05, 4.69) is 15.6 Å². The van der Waals surface area contributed by atoms with E-state index in [0.29, 0.717) is 25.5 Å². The third-order valence-corrected chi connectivity index (χ3v) is 4.45. The summed E-state index contributed by atoms with van der Waals surface area (Å²) in [6.45, 7) is 0.868. The molecule has 3 aromatic carbocycles. The molecule has 156 valence electrons. The maximum atomic E-state index is 13.6. The molecule has 3 rings (SSSR count). The van der Waals surface area contributed by atoms with Gasteiger partial charge in [-0.25, -0.2) is 9.38 Å². The third kappa shape index (κ3) is 5.88. The van der Waals surface area contributed by atoms with Crippen molar-refractivity contribution >= 4 is 11.6 Å². The van der Waals surface area contributed by atoms with Crippen molar-refractivity contribution in [1.29, 1.82) is 0 Å². The van der Waals surface area contributed by atoms with E-state index in [1.54, 1.807) is 19.2 Å². The minimum absolute atomic E-state index is 0.0817. The number of hydrogen-bond donors (Lipinski definition) is 4. The molecule has 0 aliphatic carbocycles. The largest absolute Gasteiger partial charge is 0.508 e. The average molecular weight is 409 g/mol. The molecule has 0 radical (unpaired) electrons. The second-order valence-corrected chi connectivity index (χ2v) is 6.61. The van der Waals surface area contributed by atoms with E-state index < -0.39 is 5.82 Å². The number of hydrogen-bond acceptors (Lipinski definition) is 4. The highest BCUT2D eigenvalue weighted by molar-refractivity contribution is 5.94. The quantitative estimate of drug-likeness (QED) is 0.269. The molecule has 0 atom stereocenters. The molecule has 0 spiro atoms. The lowest BCUT2D eigenvalue weighted by Crippen LogP contribution is -2.32. The summed E-state index contributed by atoms with van der Waals surface area (Å²) in [5.74, 6) is 0.776. The number of benzene rings is 3. The number of nitrogens with zero attached hydrogens (tertiary/aromatic N) is 1. The molecule has 0 aliphatic heterocycles. The number of methoxy groups -OCH3 is 1. The van der Waals surface area contributed by atoms with Crippen molar-refractivity contribution in [3.8, 4) is 17.2 Å². The van der Waals surface area contributed by atoms with Gasteiger partial charge in [-0.15, -0.1) is 0 Å². The van der Waals surface area contributed by atoms with Gasteiger partial charge in [-0.05, 0) is 42.3 Å². The Bertz CT molecular complexity index is 1010. The van der Waals surface area contributed by atoms with E-state index in [4.69, 9.17) is 4.74 Å². The Balaban J connectivity index is 1.74. The second kappa shape index (κ2) is 10.2. The van der Waals surface area contributed by atoms with Gasteiger partial charge in [-0.1, -0.05) is 30.3 Å². The molecule has 7 heteroatoms. The molecule has 0 unspecified atom stereocenters. The Labute approximate surface area is 174 Å². The maximum Gasteiger partial charge on any atom is 0.196 e. The number of anilines is 1. The van der Waals surface area contributed by atoms with Crippen LogP contribution in [0.15, 0.2) is 71.7 Å². The van der Waals surface area contributed by atoms with Crippen molar-refractivity contribution < 1.29 is 19.3 Å². The third-order valence-electron chi connectivity index (χ3n) is 4.45. The average Bonchev–Trinajstić information content (AvgIpc) is 2.76. The van der Waals surface area contributed by atoms with Crippen molar-refractivity contribution in [2.24, 2.45) is 4.99 Å². The first kappa shape index (κ1) is 21.0. The number of para-hydroxylation sites is 1. The topological polar surface area (TPSA) is 86.1 Å². The van der Waals surface area contributed by atoms with Gasteiger partial charge >= 0.3 is 0 Å². The summed E-state index contributed by atoms with van der Waals surface area (Å²) in [6, 6.07) is 18.2. The van der Waals surface area contributed by atoms with Crippen LogP contribution < -0.4 is 15.4 Å². The fourth-order valence-corrected chi connectivity index (χ4v) is 2.86. The molecule has 0 saturated carbocycles. The number of aromatic hydroxyl groups is 2. The molecule has 0 fully saturated rings. The van der Waals surface area contributed by atoms with Crippen LogP contribution in [0.2, 0.25) is 0 Å². The molecule has 30 heavy (non-hydrogen) atoms. The van der Waals surface area contributed by atoms with Crippen molar-refractivity contribution in [1.82, 2.24) is 5.32 Å². The van der Waals surface area contributed by atoms with Gasteiger partial charge in [0.25, 0.3) is 0 Å². The van der Waals surface area contributed by atoms with Crippen molar-refractivity contribution in [3.05, 3.63) is 83.7 Å². The van der Waals surface area contributed by atoms with Crippen LogP contribution in [-0.2, 0) is 13.0 Å². The van der Waals surface area contributed by atoms with E-state index in [0.717, 1.165) is 16.9 Å². The Morgan fingerprint density at radius 2 is 1.80 bits per heavy atom. The molecule has 0 saturated heterocycles. The van der Waals surface area contributed by atoms with E-state index in [-0.39, 0.29) is 17.2 Å². The predicted molar refractivity (Wildman–Crippen MR) is 116 cm³/mol.